The number of carbonyl (C=O) groups excluding carboxylic acids is 1. The predicted molar refractivity (Wildman–Crippen MR) is 37.8 cm³/mol. The highest BCUT2D eigenvalue weighted by atomic mass is 16.1. The Morgan fingerprint density at radius 2 is 2.22 bits per heavy atom. The lowest BCUT2D eigenvalue weighted by molar-refractivity contribution is -0.116. The van der Waals surface area contributed by atoms with Gasteiger partial charge in [0.1, 0.15) is 0 Å². The first kappa shape index (κ1) is 8.21. The van der Waals surface area contributed by atoms with Gasteiger partial charge in [0.15, 0.2) is 0 Å². The van der Waals surface area contributed by atoms with Crippen molar-refractivity contribution in [3.63, 3.8) is 0 Å². The number of amides is 1. The highest BCUT2D eigenvalue weighted by Crippen LogP contribution is 1.94. The van der Waals surface area contributed by atoms with Crippen molar-refractivity contribution in [2.45, 2.75) is 13.8 Å². The van der Waals surface area contributed by atoms with Crippen molar-refractivity contribution in [3.8, 4) is 0 Å². The first-order valence-corrected chi connectivity index (χ1v) is 3.04. The molecule has 0 aliphatic rings. The molecular formula is C7H13NO. The molecule has 0 aliphatic heterocycles. The van der Waals surface area contributed by atoms with Gasteiger partial charge in [-0.1, -0.05) is 20.4 Å². The molecule has 0 fully saturated rings. The van der Waals surface area contributed by atoms with Gasteiger partial charge in [0.25, 0.3) is 0 Å². The van der Waals surface area contributed by atoms with E-state index in [1.54, 1.807) is 0 Å². The van der Waals surface area contributed by atoms with Crippen LogP contribution < -0.4 is 0 Å². The molecule has 52 valence electrons. The van der Waals surface area contributed by atoms with Crippen molar-refractivity contribution >= 4 is 6.41 Å². The number of hydrogen-bond donors (Lipinski definition) is 0. The average molecular weight is 127 g/mol. The Kier molecular flexibility index (Phi) is 3.76. The Hall–Kier alpha value is -0.790. The van der Waals surface area contributed by atoms with Gasteiger partial charge >= 0.3 is 0 Å². The third kappa shape index (κ3) is 3.76. The maximum Gasteiger partial charge on any atom is 0.213 e. The number of carbonyl (C=O) groups is 1. The van der Waals surface area contributed by atoms with Crippen molar-refractivity contribution < 1.29 is 4.79 Å². The minimum Gasteiger partial charge on any atom is -0.322 e. The molecule has 0 aromatic heterocycles. The topological polar surface area (TPSA) is 20.3 Å². The zero-order valence-electron chi connectivity index (χ0n) is 6.00. The maximum absolute atomic E-state index is 10.1. The van der Waals surface area contributed by atoms with E-state index in [9.17, 15) is 4.79 Å². The zero-order valence-corrected chi connectivity index (χ0v) is 6.00. The Morgan fingerprint density at radius 3 is 2.33 bits per heavy atom. The van der Waals surface area contributed by atoms with Crippen LogP contribution in [0, 0.1) is 5.92 Å². The standard InChI is InChI=1S/C7H13NO/c1-4-8(6-9)5-7(2)3/h4,6-7H,1,5H2,2-3H3. The van der Waals surface area contributed by atoms with Gasteiger partial charge in [0.2, 0.25) is 6.41 Å². The molecule has 0 N–H and O–H groups in total. The van der Waals surface area contributed by atoms with Crippen LogP contribution in [-0.4, -0.2) is 17.9 Å². The maximum atomic E-state index is 10.1. The summed E-state index contributed by atoms with van der Waals surface area (Å²) < 4.78 is 0. The van der Waals surface area contributed by atoms with Gasteiger partial charge in [-0.25, -0.2) is 0 Å². The summed E-state index contributed by atoms with van der Waals surface area (Å²) in [6, 6.07) is 0. The van der Waals surface area contributed by atoms with E-state index in [-0.39, 0.29) is 0 Å². The molecule has 1 amide bonds. The minimum atomic E-state index is 0.508. The summed E-state index contributed by atoms with van der Waals surface area (Å²) in [6.45, 7) is 8.35. The fourth-order valence-electron chi connectivity index (χ4n) is 0.582. The Bertz CT molecular complexity index is 91.1. The van der Waals surface area contributed by atoms with E-state index in [0.29, 0.717) is 5.92 Å². The molecule has 0 radical (unpaired) electrons. The predicted octanol–water partition coefficient (Wildman–Crippen LogP) is 1.24. The molecule has 0 saturated carbocycles. The lowest BCUT2D eigenvalue weighted by atomic mass is 10.2. The highest BCUT2D eigenvalue weighted by Gasteiger charge is 1.97. The van der Waals surface area contributed by atoms with Crippen molar-refractivity contribution in [1.29, 1.82) is 0 Å². The van der Waals surface area contributed by atoms with E-state index >= 15 is 0 Å². The summed E-state index contributed by atoms with van der Waals surface area (Å²) in [4.78, 5) is 11.7. The van der Waals surface area contributed by atoms with Gasteiger partial charge in [0.05, 0.1) is 0 Å². The molecule has 0 bridgehead atoms. The van der Waals surface area contributed by atoms with Crippen LogP contribution in [0.4, 0.5) is 0 Å². The van der Waals surface area contributed by atoms with Crippen molar-refractivity contribution in [3.05, 3.63) is 12.8 Å². The SMILES string of the molecule is C=CN(C=O)CC(C)C. The summed E-state index contributed by atoms with van der Waals surface area (Å²) in [5, 5.41) is 0. The summed E-state index contributed by atoms with van der Waals surface area (Å²) >= 11 is 0. The summed E-state index contributed by atoms with van der Waals surface area (Å²) in [5.74, 6) is 0.508. The number of hydrogen-bond acceptors (Lipinski definition) is 1. The fourth-order valence-corrected chi connectivity index (χ4v) is 0.582. The van der Waals surface area contributed by atoms with Crippen LogP contribution in [0.5, 0.6) is 0 Å². The van der Waals surface area contributed by atoms with Crippen LogP contribution in [0.3, 0.4) is 0 Å². The summed E-state index contributed by atoms with van der Waals surface area (Å²) in [5.41, 5.74) is 0. The Morgan fingerprint density at radius 1 is 1.67 bits per heavy atom. The van der Waals surface area contributed by atoms with Crippen LogP contribution in [0.1, 0.15) is 13.8 Å². The fraction of sp³-hybridized carbons (Fsp3) is 0.571. The molecule has 0 aliphatic carbocycles. The van der Waals surface area contributed by atoms with Gasteiger partial charge < -0.3 is 4.90 Å². The lowest BCUT2D eigenvalue weighted by Crippen LogP contribution is -2.19. The smallest absolute Gasteiger partial charge is 0.213 e. The molecule has 2 nitrogen and oxygen atoms in total. The highest BCUT2D eigenvalue weighted by molar-refractivity contribution is 5.48. The first-order valence-electron chi connectivity index (χ1n) is 3.04. The van der Waals surface area contributed by atoms with E-state index in [4.69, 9.17) is 0 Å². The summed E-state index contributed by atoms with van der Waals surface area (Å²) in [7, 11) is 0. The van der Waals surface area contributed by atoms with Gasteiger partial charge in [-0.15, -0.1) is 0 Å². The molecule has 0 aromatic rings. The largest absolute Gasteiger partial charge is 0.322 e. The first-order chi connectivity index (χ1) is 4.20. The Balaban J connectivity index is 3.55. The molecule has 0 heterocycles. The third-order valence-corrected chi connectivity index (χ3v) is 0.946. The van der Waals surface area contributed by atoms with Gasteiger partial charge in [-0.3, -0.25) is 4.79 Å². The molecule has 0 rings (SSSR count). The van der Waals surface area contributed by atoms with Crippen LogP contribution >= 0.6 is 0 Å². The molecule has 0 unspecified atom stereocenters. The molecular weight excluding hydrogens is 114 g/mol. The van der Waals surface area contributed by atoms with Gasteiger partial charge in [-0.2, -0.15) is 0 Å². The average Bonchev–Trinajstić information content (AvgIpc) is 1.82. The number of nitrogens with zero attached hydrogens (tertiary/aromatic N) is 1. The second kappa shape index (κ2) is 4.13. The van der Waals surface area contributed by atoms with Crippen molar-refractivity contribution in [2.24, 2.45) is 5.92 Å². The van der Waals surface area contributed by atoms with Crippen LogP contribution in [0.2, 0.25) is 0 Å². The Labute approximate surface area is 56.2 Å². The normalized spacial score (nSPS) is 9.22. The van der Waals surface area contributed by atoms with Gasteiger partial charge in [-0.05, 0) is 12.1 Å². The van der Waals surface area contributed by atoms with Crippen molar-refractivity contribution in [2.75, 3.05) is 6.54 Å². The monoisotopic (exact) mass is 127 g/mol. The van der Waals surface area contributed by atoms with E-state index in [1.165, 1.54) is 11.1 Å². The minimum absolute atomic E-state index is 0.508. The molecule has 0 aromatic carbocycles. The summed E-state index contributed by atoms with van der Waals surface area (Å²) in [6.07, 6.45) is 2.32. The van der Waals surface area contributed by atoms with E-state index < -0.39 is 0 Å². The third-order valence-electron chi connectivity index (χ3n) is 0.946. The molecule has 0 saturated heterocycles. The molecule has 2 heteroatoms. The van der Waals surface area contributed by atoms with Crippen LogP contribution in [-0.2, 0) is 4.79 Å². The van der Waals surface area contributed by atoms with E-state index in [2.05, 4.69) is 20.4 Å². The number of rotatable bonds is 4. The molecule has 9 heavy (non-hydrogen) atoms. The second-order valence-corrected chi connectivity index (χ2v) is 2.38. The quantitative estimate of drug-likeness (QED) is 0.520. The van der Waals surface area contributed by atoms with Crippen molar-refractivity contribution in [1.82, 2.24) is 4.90 Å². The second-order valence-electron chi connectivity index (χ2n) is 2.38. The molecule has 0 atom stereocenters. The van der Waals surface area contributed by atoms with Crippen LogP contribution in [0.15, 0.2) is 12.8 Å². The lowest BCUT2D eigenvalue weighted by Gasteiger charge is -2.13. The van der Waals surface area contributed by atoms with E-state index in [0.717, 1.165) is 13.0 Å². The zero-order chi connectivity index (χ0) is 7.28. The van der Waals surface area contributed by atoms with Gasteiger partial charge in [0, 0.05) is 6.54 Å². The van der Waals surface area contributed by atoms with E-state index in [1.807, 2.05) is 0 Å². The van der Waals surface area contributed by atoms with Crippen LogP contribution in [0.25, 0.3) is 0 Å². The molecule has 0 spiro atoms.